The van der Waals surface area contributed by atoms with E-state index >= 15 is 0 Å². The van der Waals surface area contributed by atoms with Crippen LogP contribution in [0.1, 0.15) is 60.5 Å². The largest absolute Gasteiger partial charge is 0.480 e. The van der Waals surface area contributed by atoms with E-state index in [2.05, 4.69) is 17.9 Å². The average Bonchev–Trinajstić information content (AvgIpc) is 2.64. The van der Waals surface area contributed by atoms with Gasteiger partial charge in [0.2, 0.25) is 0 Å². The van der Waals surface area contributed by atoms with Crippen molar-refractivity contribution in [1.82, 2.24) is 5.32 Å². The van der Waals surface area contributed by atoms with Gasteiger partial charge in [0.05, 0.1) is 0 Å². The molecule has 0 fully saturated rings. The summed E-state index contributed by atoms with van der Waals surface area (Å²) < 4.78 is 0. The van der Waals surface area contributed by atoms with Gasteiger partial charge in [-0.05, 0) is 60.8 Å². The smallest absolute Gasteiger partial charge is 0.326 e. The molecule has 0 aliphatic rings. The zero-order chi connectivity index (χ0) is 20.4. The monoisotopic (exact) mass is 412 g/mol. The van der Waals surface area contributed by atoms with Crippen LogP contribution in [0.5, 0.6) is 0 Å². The molecule has 4 N–H and O–H groups in total. The molecule has 7 heteroatoms. The summed E-state index contributed by atoms with van der Waals surface area (Å²) in [4.78, 5) is 24.3. The number of carbonyl (C=O) groups is 2. The van der Waals surface area contributed by atoms with Crippen molar-refractivity contribution in [3.63, 3.8) is 0 Å². The second-order valence-electron chi connectivity index (χ2n) is 7.06. The van der Waals surface area contributed by atoms with Crippen molar-refractivity contribution < 1.29 is 14.7 Å². The number of aliphatic carboxylic acids is 1. The fraction of sp³-hybridized carbons (Fsp3) is 0.600. The van der Waals surface area contributed by atoms with Gasteiger partial charge in [0, 0.05) is 17.4 Å². The number of carbonyl (C=O) groups excluding carboxylic acids is 1. The molecule has 5 nitrogen and oxygen atoms in total. The van der Waals surface area contributed by atoms with Crippen LogP contribution < -0.4 is 11.1 Å². The Morgan fingerprint density at radius 3 is 2.56 bits per heavy atom. The summed E-state index contributed by atoms with van der Waals surface area (Å²) in [5.74, 6) is 0.195. The molecule has 0 saturated heterocycles. The van der Waals surface area contributed by atoms with E-state index in [9.17, 15) is 14.7 Å². The maximum absolute atomic E-state index is 12.8. The summed E-state index contributed by atoms with van der Waals surface area (Å²) in [7, 11) is 0. The third-order valence-electron chi connectivity index (χ3n) is 4.47. The zero-order valence-electron chi connectivity index (χ0n) is 16.4. The highest BCUT2D eigenvalue weighted by molar-refractivity contribution is 7.98. The molecule has 0 radical (unpaired) electrons. The summed E-state index contributed by atoms with van der Waals surface area (Å²) in [5.41, 5.74) is 8.46. The standard InChI is InChI=1S/C20H32N2O3S2/c1-13(2)16-8-7-14(5-4-6-15(21)12-26)11-17(16)19(23)22-18(20(24)25)9-10-27-3/h7-8,11,13,15,18,26H,4-6,9-10,12,21H2,1-3H3,(H,22,23)(H,24,25)/t15?,18-/m0/s1. The van der Waals surface area contributed by atoms with Crippen LogP contribution in [0.25, 0.3) is 0 Å². The maximum Gasteiger partial charge on any atom is 0.326 e. The number of hydrogen-bond acceptors (Lipinski definition) is 5. The molecule has 1 aromatic rings. The quantitative estimate of drug-likeness (QED) is 0.395. The van der Waals surface area contributed by atoms with E-state index in [1.165, 1.54) is 0 Å². The van der Waals surface area contributed by atoms with Gasteiger partial charge in [-0.25, -0.2) is 4.79 Å². The van der Waals surface area contributed by atoms with Gasteiger partial charge in [0.1, 0.15) is 6.04 Å². The van der Waals surface area contributed by atoms with Crippen LogP contribution in [0.3, 0.4) is 0 Å². The molecule has 1 aromatic carbocycles. The van der Waals surface area contributed by atoms with Gasteiger partial charge < -0.3 is 16.2 Å². The lowest BCUT2D eigenvalue weighted by atomic mass is 9.93. The minimum absolute atomic E-state index is 0.0822. The number of nitrogens with one attached hydrogen (secondary N) is 1. The van der Waals surface area contributed by atoms with Crippen LogP contribution in [0.4, 0.5) is 0 Å². The van der Waals surface area contributed by atoms with Crippen molar-refractivity contribution in [2.45, 2.75) is 57.5 Å². The van der Waals surface area contributed by atoms with Crippen LogP contribution in [0, 0.1) is 0 Å². The van der Waals surface area contributed by atoms with Crippen molar-refractivity contribution >= 4 is 36.3 Å². The fourth-order valence-electron chi connectivity index (χ4n) is 2.85. The van der Waals surface area contributed by atoms with Gasteiger partial charge in [-0.1, -0.05) is 26.0 Å². The van der Waals surface area contributed by atoms with Gasteiger partial charge in [-0.3, -0.25) is 4.79 Å². The fourth-order valence-corrected chi connectivity index (χ4v) is 3.50. The van der Waals surface area contributed by atoms with Gasteiger partial charge in [-0.15, -0.1) is 0 Å². The van der Waals surface area contributed by atoms with E-state index in [1.807, 2.05) is 38.3 Å². The number of rotatable bonds is 12. The number of aryl methyl sites for hydroxylation is 1. The maximum atomic E-state index is 12.8. The Morgan fingerprint density at radius 1 is 1.30 bits per heavy atom. The minimum Gasteiger partial charge on any atom is -0.480 e. The number of amides is 1. The van der Waals surface area contributed by atoms with Gasteiger partial charge in [0.25, 0.3) is 5.91 Å². The highest BCUT2D eigenvalue weighted by atomic mass is 32.2. The number of benzene rings is 1. The van der Waals surface area contributed by atoms with E-state index in [0.29, 0.717) is 23.5 Å². The molecule has 0 aliphatic carbocycles. The van der Waals surface area contributed by atoms with E-state index < -0.39 is 12.0 Å². The molecular weight excluding hydrogens is 380 g/mol. The predicted molar refractivity (Wildman–Crippen MR) is 117 cm³/mol. The predicted octanol–water partition coefficient (Wildman–Crippen LogP) is 3.33. The second kappa shape index (κ2) is 12.3. The van der Waals surface area contributed by atoms with Gasteiger partial charge >= 0.3 is 5.97 Å². The van der Waals surface area contributed by atoms with E-state index in [1.54, 1.807) is 11.8 Å². The van der Waals surface area contributed by atoms with Crippen molar-refractivity contribution in [2.75, 3.05) is 17.8 Å². The molecule has 0 heterocycles. The van der Waals surface area contributed by atoms with Crippen LogP contribution in [0.2, 0.25) is 0 Å². The molecular formula is C20H32N2O3S2. The second-order valence-corrected chi connectivity index (χ2v) is 8.41. The summed E-state index contributed by atoms with van der Waals surface area (Å²) in [6, 6.07) is 5.12. The molecule has 1 amide bonds. The molecule has 1 rings (SSSR count). The molecule has 1 unspecified atom stereocenters. The van der Waals surface area contributed by atoms with E-state index in [-0.39, 0.29) is 17.9 Å². The first-order valence-corrected chi connectivity index (χ1v) is 11.3. The number of thiol groups is 1. The minimum atomic E-state index is -1.000. The first-order chi connectivity index (χ1) is 12.8. The van der Waals surface area contributed by atoms with Gasteiger partial charge in [-0.2, -0.15) is 24.4 Å². The Kier molecular flexibility index (Phi) is 10.9. The molecule has 0 bridgehead atoms. The molecule has 152 valence electrons. The molecule has 2 atom stereocenters. The Balaban J connectivity index is 2.95. The summed E-state index contributed by atoms with van der Waals surface area (Å²) in [6.07, 6.45) is 4.96. The highest BCUT2D eigenvalue weighted by Crippen LogP contribution is 2.22. The number of nitrogens with two attached hydrogens (primary N) is 1. The van der Waals surface area contributed by atoms with Crippen molar-refractivity contribution in [3.05, 3.63) is 34.9 Å². The summed E-state index contributed by atoms with van der Waals surface area (Å²) in [6.45, 7) is 4.06. The van der Waals surface area contributed by atoms with Crippen molar-refractivity contribution in [3.8, 4) is 0 Å². The highest BCUT2D eigenvalue weighted by Gasteiger charge is 2.22. The van der Waals surface area contributed by atoms with Crippen molar-refractivity contribution in [1.29, 1.82) is 0 Å². The van der Waals surface area contributed by atoms with Crippen LogP contribution >= 0.6 is 24.4 Å². The van der Waals surface area contributed by atoms with E-state index in [0.717, 1.165) is 30.4 Å². The third-order valence-corrected chi connectivity index (χ3v) is 5.59. The van der Waals surface area contributed by atoms with Crippen LogP contribution in [-0.4, -0.2) is 46.8 Å². The van der Waals surface area contributed by atoms with Crippen LogP contribution in [0.15, 0.2) is 18.2 Å². The summed E-state index contributed by atoms with van der Waals surface area (Å²) >= 11 is 5.76. The number of carboxylic acid groups (broad SMARTS) is 1. The molecule has 0 spiro atoms. The molecule has 0 aliphatic heterocycles. The first kappa shape index (κ1) is 23.9. The van der Waals surface area contributed by atoms with Crippen LogP contribution in [-0.2, 0) is 11.2 Å². The summed E-state index contributed by atoms with van der Waals surface area (Å²) in [5, 5.41) is 12.1. The zero-order valence-corrected chi connectivity index (χ0v) is 18.1. The lowest BCUT2D eigenvalue weighted by molar-refractivity contribution is -0.139. The number of hydrogen-bond donors (Lipinski definition) is 4. The van der Waals surface area contributed by atoms with Crippen molar-refractivity contribution in [2.24, 2.45) is 5.73 Å². The Labute approximate surface area is 172 Å². The van der Waals surface area contributed by atoms with E-state index in [4.69, 9.17) is 5.73 Å². The Bertz CT molecular complexity index is 623. The number of carboxylic acids is 1. The Morgan fingerprint density at radius 2 is 2.00 bits per heavy atom. The van der Waals surface area contributed by atoms with Gasteiger partial charge in [0.15, 0.2) is 0 Å². The molecule has 27 heavy (non-hydrogen) atoms. The third kappa shape index (κ3) is 8.15. The Hall–Kier alpha value is -1.18. The molecule has 0 saturated carbocycles. The topological polar surface area (TPSA) is 92.4 Å². The lowest BCUT2D eigenvalue weighted by Gasteiger charge is -2.18. The normalized spacial score (nSPS) is 13.4. The molecule has 0 aromatic heterocycles. The average molecular weight is 413 g/mol. The SMILES string of the molecule is CSCC[C@H](NC(=O)c1cc(CCCC(N)CS)ccc1C(C)C)C(=O)O. The number of thioether (sulfide) groups is 1. The first-order valence-electron chi connectivity index (χ1n) is 9.32. The lowest BCUT2D eigenvalue weighted by Crippen LogP contribution is -2.41.